The summed E-state index contributed by atoms with van der Waals surface area (Å²) in [5, 5.41) is 6.68. The second-order valence-electron chi connectivity index (χ2n) is 6.52. The number of benzene rings is 5. The van der Waals surface area contributed by atoms with Crippen LogP contribution in [-0.2, 0) is 0 Å². The van der Waals surface area contributed by atoms with Crippen LogP contribution in [0, 0.1) is 0 Å². The fourth-order valence-electron chi connectivity index (χ4n) is 4.02. The number of carbonyl (C=O) groups excluding carboxylic acids is 1. The minimum atomic E-state index is 0.764. The Morgan fingerprint density at radius 3 is 1.62 bits per heavy atom. The summed E-state index contributed by atoms with van der Waals surface area (Å²) < 4.78 is 0. The molecule has 0 bridgehead atoms. The van der Waals surface area contributed by atoms with Crippen molar-refractivity contribution in [2.45, 2.75) is 0 Å². The third-order valence-corrected chi connectivity index (χ3v) is 5.15. The highest BCUT2D eigenvalue weighted by atomic mass is 16.1. The summed E-state index contributed by atoms with van der Waals surface area (Å²) in [5.74, 6) is 0. The molecule has 0 aliphatic carbocycles. The summed E-state index contributed by atoms with van der Waals surface area (Å²) in [6.45, 7) is 0. The largest absolute Gasteiger partial charge is 0.298 e. The van der Waals surface area contributed by atoms with Gasteiger partial charge in [-0.25, -0.2) is 0 Å². The molecule has 5 aromatic carbocycles. The molecule has 5 rings (SSSR count). The Morgan fingerprint density at radius 1 is 0.500 bits per heavy atom. The lowest BCUT2D eigenvalue weighted by molar-refractivity contribution is 0.112. The third kappa shape index (κ3) is 2.07. The Balaban J connectivity index is 2.07. The van der Waals surface area contributed by atoms with Gasteiger partial charge in [-0.2, -0.15) is 0 Å². The van der Waals surface area contributed by atoms with E-state index in [1.165, 1.54) is 21.9 Å². The van der Waals surface area contributed by atoms with E-state index in [0.29, 0.717) is 0 Å². The van der Waals surface area contributed by atoms with Crippen LogP contribution in [0.1, 0.15) is 10.4 Å². The van der Waals surface area contributed by atoms with Crippen LogP contribution in [0.5, 0.6) is 0 Å². The molecule has 0 radical (unpaired) electrons. The molecule has 0 atom stereocenters. The first-order valence-electron chi connectivity index (χ1n) is 8.75. The van der Waals surface area contributed by atoms with E-state index in [0.717, 1.165) is 33.4 Å². The van der Waals surface area contributed by atoms with Gasteiger partial charge in [-0.15, -0.1) is 0 Å². The second kappa shape index (κ2) is 5.82. The maximum atomic E-state index is 11.9. The van der Waals surface area contributed by atoms with Gasteiger partial charge in [0, 0.05) is 5.56 Å². The molecule has 0 aliphatic heterocycles. The summed E-state index contributed by atoms with van der Waals surface area (Å²) in [4.78, 5) is 11.9. The van der Waals surface area contributed by atoms with Crippen molar-refractivity contribution in [3.8, 4) is 11.1 Å². The van der Waals surface area contributed by atoms with Crippen molar-refractivity contribution >= 4 is 38.6 Å². The van der Waals surface area contributed by atoms with E-state index in [4.69, 9.17) is 0 Å². The van der Waals surface area contributed by atoms with Gasteiger partial charge in [0.05, 0.1) is 0 Å². The van der Waals surface area contributed by atoms with Crippen LogP contribution in [0.2, 0.25) is 0 Å². The summed E-state index contributed by atoms with van der Waals surface area (Å²) in [6, 6.07) is 31.3. The van der Waals surface area contributed by atoms with Crippen LogP contribution in [-0.4, -0.2) is 6.29 Å². The molecule has 0 N–H and O–H groups in total. The molecule has 0 fully saturated rings. The zero-order chi connectivity index (χ0) is 17.5. The first-order valence-corrected chi connectivity index (χ1v) is 8.75. The Morgan fingerprint density at radius 2 is 1.00 bits per heavy atom. The van der Waals surface area contributed by atoms with Crippen LogP contribution < -0.4 is 0 Å². The minimum Gasteiger partial charge on any atom is -0.298 e. The van der Waals surface area contributed by atoms with Gasteiger partial charge in [-0.1, -0.05) is 91.0 Å². The van der Waals surface area contributed by atoms with E-state index in [-0.39, 0.29) is 0 Å². The lowest BCUT2D eigenvalue weighted by Gasteiger charge is -2.16. The molecule has 0 saturated heterocycles. The second-order valence-corrected chi connectivity index (χ2v) is 6.52. The number of hydrogen-bond acceptors (Lipinski definition) is 1. The summed E-state index contributed by atoms with van der Waals surface area (Å²) in [7, 11) is 0. The Bertz CT molecular complexity index is 1240. The average molecular weight is 332 g/mol. The van der Waals surface area contributed by atoms with Crippen molar-refractivity contribution in [3.05, 3.63) is 96.6 Å². The van der Waals surface area contributed by atoms with E-state index in [1.54, 1.807) is 0 Å². The number of aldehydes is 1. The summed E-state index contributed by atoms with van der Waals surface area (Å²) in [6.07, 6.45) is 0.984. The molecule has 0 aliphatic rings. The Hall–Kier alpha value is -3.45. The Kier molecular flexibility index (Phi) is 3.32. The summed E-state index contributed by atoms with van der Waals surface area (Å²) >= 11 is 0. The van der Waals surface area contributed by atoms with Crippen LogP contribution in [0.25, 0.3) is 43.4 Å². The van der Waals surface area contributed by atoms with E-state index >= 15 is 0 Å². The molecule has 0 saturated carbocycles. The predicted molar refractivity (Wildman–Crippen MR) is 110 cm³/mol. The van der Waals surface area contributed by atoms with Gasteiger partial charge in [0.1, 0.15) is 0 Å². The first-order chi connectivity index (χ1) is 12.9. The third-order valence-electron chi connectivity index (χ3n) is 5.15. The highest BCUT2D eigenvalue weighted by Crippen LogP contribution is 2.41. The van der Waals surface area contributed by atoms with Gasteiger partial charge in [0.2, 0.25) is 0 Å². The van der Waals surface area contributed by atoms with Crippen molar-refractivity contribution < 1.29 is 4.79 Å². The number of fused-ring (bicyclic) bond motifs is 3. The van der Waals surface area contributed by atoms with E-state index in [9.17, 15) is 4.79 Å². The predicted octanol–water partition coefficient (Wildman–Crippen LogP) is 6.63. The molecule has 0 aromatic heterocycles. The van der Waals surface area contributed by atoms with Crippen molar-refractivity contribution in [2.24, 2.45) is 0 Å². The molecule has 1 heteroatoms. The molecule has 122 valence electrons. The number of hydrogen-bond donors (Lipinski definition) is 0. The molecule has 0 unspecified atom stereocenters. The monoisotopic (exact) mass is 332 g/mol. The van der Waals surface area contributed by atoms with Crippen molar-refractivity contribution in [3.63, 3.8) is 0 Å². The number of rotatable bonds is 2. The van der Waals surface area contributed by atoms with Crippen molar-refractivity contribution in [2.75, 3.05) is 0 Å². The van der Waals surface area contributed by atoms with E-state index in [1.807, 2.05) is 36.4 Å². The zero-order valence-corrected chi connectivity index (χ0v) is 14.1. The van der Waals surface area contributed by atoms with Crippen LogP contribution >= 0.6 is 0 Å². The summed E-state index contributed by atoms with van der Waals surface area (Å²) in [5.41, 5.74) is 3.16. The molecule has 5 aromatic rings. The molecular formula is C25H16O. The lowest BCUT2D eigenvalue weighted by Crippen LogP contribution is -1.92. The minimum absolute atomic E-state index is 0.764. The highest BCUT2D eigenvalue weighted by molar-refractivity contribution is 6.22. The quantitative estimate of drug-likeness (QED) is 0.262. The molecule has 0 heterocycles. The first kappa shape index (κ1) is 14.9. The van der Waals surface area contributed by atoms with Gasteiger partial charge in [0.25, 0.3) is 0 Å². The fraction of sp³-hybridized carbons (Fsp3) is 0. The fourth-order valence-corrected chi connectivity index (χ4v) is 4.02. The average Bonchev–Trinajstić information content (AvgIpc) is 2.71. The standard InChI is InChI=1S/C25H16O/c26-16-24-19-11-3-5-13-22(19)25(23-14-6-4-12-20(23)24)21-15-7-9-17-8-1-2-10-18(17)21/h1-16H. The molecule has 26 heavy (non-hydrogen) atoms. The van der Waals surface area contributed by atoms with Gasteiger partial charge in [-0.05, 0) is 43.4 Å². The van der Waals surface area contributed by atoms with Gasteiger partial charge < -0.3 is 0 Å². The maximum Gasteiger partial charge on any atom is 0.151 e. The molecule has 0 amide bonds. The van der Waals surface area contributed by atoms with Crippen molar-refractivity contribution in [1.82, 2.24) is 0 Å². The topological polar surface area (TPSA) is 17.1 Å². The van der Waals surface area contributed by atoms with Gasteiger partial charge in [0.15, 0.2) is 6.29 Å². The Labute approximate surface area is 151 Å². The SMILES string of the molecule is O=Cc1c2ccccc2c(-c2cccc3ccccc23)c2ccccc12. The normalized spacial score (nSPS) is 11.2. The smallest absolute Gasteiger partial charge is 0.151 e. The maximum absolute atomic E-state index is 11.9. The van der Waals surface area contributed by atoms with Crippen molar-refractivity contribution in [1.29, 1.82) is 0 Å². The van der Waals surface area contributed by atoms with Gasteiger partial charge >= 0.3 is 0 Å². The molecule has 1 nitrogen and oxygen atoms in total. The highest BCUT2D eigenvalue weighted by Gasteiger charge is 2.15. The molecule has 0 spiro atoms. The van der Waals surface area contributed by atoms with E-state index in [2.05, 4.69) is 54.6 Å². The van der Waals surface area contributed by atoms with E-state index < -0.39 is 0 Å². The van der Waals surface area contributed by atoms with Crippen LogP contribution in [0.4, 0.5) is 0 Å². The van der Waals surface area contributed by atoms with Gasteiger partial charge in [-0.3, -0.25) is 4.79 Å². The lowest BCUT2D eigenvalue weighted by atomic mass is 9.87. The van der Waals surface area contributed by atoms with Crippen LogP contribution in [0.15, 0.2) is 91.0 Å². The van der Waals surface area contributed by atoms with Crippen LogP contribution in [0.3, 0.4) is 0 Å². The molecular weight excluding hydrogens is 316 g/mol. The number of carbonyl (C=O) groups is 1. The zero-order valence-electron chi connectivity index (χ0n) is 14.1.